The second-order valence-electron chi connectivity index (χ2n) is 4.57. The van der Waals surface area contributed by atoms with Crippen LogP contribution in [-0.2, 0) is 0 Å². The largest absolute Gasteiger partial charge is 0.268 e. The minimum absolute atomic E-state index is 0.0772. The molecule has 0 radical (unpaired) electrons. The van der Waals surface area contributed by atoms with Gasteiger partial charge in [-0.25, -0.2) is 22.2 Å². The van der Waals surface area contributed by atoms with Crippen molar-refractivity contribution in [2.45, 2.75) is 0 Å². The predicted octanol–water partition coefficient (Wildman–Crippen LogP) is 3.39. The third-order valence-electron chi connectivity index (χ3n) is 3.10. The van der Waals surface area contributed by atoms with Crippen LogP contribution in [0.5, 0.6) is 0 Å². The van der Waals surface area contributed by atoms with Gasteiger partial charge in [-0.05, 0) is 30.3 Å². The molecule has 0 atom stereocenters. The molecule has 3 aromatic rings. The van der Waals surface area contributed by atoms with Crippen LogP contribution in [0.3, 0.4) is 0 Å². The van der Waals surface area contributed by atoms with Crippen molar-refractivity contribution in [3.63, 3.8) is 0 Å². The van der Waals surface area contributed by atoms with E-state index in [0.717, 1.165) is 41.1 Å². The van der Waals surface area contributed by atoms with Gasteiger partial charge in [0.1, 0.15) is 17.3 Å². The molecule has 112 valence electrons. The van der Waals surface area contributed by atoms with E-state index < -0.39 is 28.8 Å². The quantitative estimate of drug-likeness (QED) is 0.724. The van der Waals surface area contributed by atoms with Gasteiger partial charge >= 0.3 is 0 Å². The molecule has 1 heterocycles. The highest BCUT2D eigenvalue weighted by Crippen LogP contribution is 2.24. The van der Waals surface area contributed by atoms with Crippen LogP contribution in [-0.4, -0.2) is 9.78 Å². The summed E-state index contributed by atoms with van der Waals surface area (Å²) in [5.74, 6) is -3.65. The van der Waals surface area contributed by atoms with Crippen LogP contribution in [0.15, 0.2) is 47.3 Å². The second-order valence-corrected chi connectivity index (χ2v) is 4.57. The lowest BCUT2D eigenvalue weighted by atomic mass is 10.1. The number of aromatic nitrogens is 2. The van der Waals surface area contributed by atoms with E-state index >= 15 is 0 Å². The van der Waals surface area contributed by atoms with Crippen molar-refractivity contribution < 1.29 is 17.6 Å². The van der Waals surface area contributed by atoms with E-state index in [4.69, 9.17) is 0 Å². The van der Waals surface area contributed by atoms with Crippen LogP contribution in [0.2, 0.25) is 0 Å². The maximum atomic E-state index is 13.9. The Labute approximate surface area is 121 Å². The molecule has 0 aliphatic rings. The van der Waals surface area contributed by atoms with Crippen LogP contribution >= 0.6 is 0 Å². The molecular formula is C15H8F4N2O. The third-order valence-corrected chi connectivity index (χ3v) is 3.10. The average molecular weight is 308 g/mol. The highest BCUT2D eigenvalue weighted by molar-refractivity contribution is 5.62. The summed E-state index contributed by atoms with van der Waals surface area (Å²) in [6, 6.07) is 6.77. The molecule has 0 saturated carbocycles. The van der Waals surface area contributed by atoms with Crippen molar-refractivity contribution in [1.29, 1.82) is 0 Å². The molecule has 0 aliphatic carbocycles. The summed E-state index contributed by atoms with van der Waals surface area (Å²) in [5, 5.41) is 2.30. The van der Waals surface area contributed by atoms with Crippen LogP contribution in [0.4, 0.5) is 17.6 Å². The molecular weight excluding hydrogens is 300 g/mol. The lowest BCUT2D eigenvalue weighted by Crippen LogP contribution is -2.06. The lowest BCUT2D eigenvalue weighted by molar-refractivity contribution is 0.509. The van der Waals surface area contributed by atoms with Gasteiger partial charge in [0, 0.05) is 17.7 Å². The zero-order valence-corrected chi connectivity index (χ0v) is 10.9. The number of halogens is 4. The Bertz CT molecular complexity index is 914. The van der Waals surface area contributed by atoms with E-state index in [1.807, 2.05) is 0 Å². The smallest absolute Gasteiger partial charge is 0.265 e. The molecule has 7 heteroatoms. The van der Waals surface area contributed by atoms with Gasteiger partial charge in [0.2, 0.25) is 0 Å². The van der Waals surface area contributed by atoms with Crippen LogP contribution in [0, 0.1) is 23.3 Å². The number of H-pyrrole nitrogens is 1. The number of aromatic amines is 1. The molecule has 0 unspecified atom stereocenters. The fourth-order valence-electron chi connectivity index (χ4n) is 2.11. The molecule has 3 rings (SSSR count). The molecule has 0 aliphatic heterocycles. The first-order valence-electron chi connectivity index (χ1n) is 6.18. The standard InChI is InChI=1S/C15H8F4N2O/c16-9-2-4-11(18)14(6-9)21-13(7-15(22)20-21)8-1-3-10(17)12(19)5-8/h1-7H,(H,20,22). The number of rotatable bonds is 2. The molecule has 1 aromatic heterocycles. The van der Waals surface area contributed by atoms with Crippen molar-refractivity contribution in [3.05, 3.63) is 76.1 Å². The first-order chi connectivity index (χ1) is 10.5. The van der Waals surface area contributed by atoms with Crippen LogP contribution < -0.4 is 5.56 Å². The number of nitrogens with zero attached hydrogens (tertiary/aromatic N) is 1. The summed E-state index contributed by atoms with van der Waals surface area (Å²) in [6.45, 7) is 0. The first kappa shape index (κ1) is 14.1. The molecule has 0 amide bonds. The Morgan fingerprint density at radius 3 is 2.27 bits per heavy atom. The number of nitrogens with one attached hydrogen (secondary N) is 1. The zero-order valence-electron chi connectivity index (χ0n) is 10.9. The summed E-state index contributed by atoms with van der Waals surface area (Å²) < 4.78 is 54.5. The van der Waals surface area contributed by atoms with Crippen molar-refractivity contribution in [2.75, 3.05) is 0 Å². The maximum Gasteiger partial charge on any atom is 0.265 e. The lowest BCUT2D eigenvalue weighted by Gasteiger charge is -2.10. The Hall–Kier alpha value is -2.83. The van der Waals surface area contributed by atoms with Crippen LogP contribution in [0.25, 0.3) is 16.9 Å². The average Bonchev–Trinajstić information content (AvgIpc) is 2.86. The van der Waals surface area contributed by atoms with E-state index in [2.05, 4.69) is 5.10 Å². The fraction of sp³-hybridized carbons (Fsp3) is 0. The molecule has 1 N–H and O–H groups in total. The highest BCUT2D eigenvalue weighted by atomic mass is 19.2. The molecule has 22 heavy (non-hydrogen) atoms. The van der Waals surface area contributed by atoms with Gasteiger partial charge < -0.3 is 0 Å². The second kappa shape index (κ2) is 5.18. The van der Waals surface area contributed by atoms with Gasteiger partial charge in [-0.2, -0.15) is 0 Å². The van der Waals surface area contributed by atoms with E-state index in [9.17, 15) is 22.4 Å². The third kappa shape index (κ3) is 2.41. The van der Waals surface area contributed by atoms with Crippen molar-refractivity contribution in [3.8, 4) is 16.9 Å². The van der Waals surface area contributed by atoms with Gasteiger partial charge in [0.15, 0.2) is 11.6 Å². The molecule has 2 aromatic carbocycles. The summed E-state index contributed by atoms with van der Waals surface area (Å²) in [6.07, 6.45) is 0. The summed E-state index contributed by atoms with van der Waals surface area (Å²) in [5.41, 5.74) is -0.625. The van der Waals surface area contributed by atoms with Gasteiger partial charge in [0.25, 0.3) is 5.56 Å². The molecule has 0 spiro atoms. The SMILES string of the molecule is O=c1cc(-c2ccc(F)c(F)c2)n(-c2cc(F)ccc2F)[nH]1. The topological polar surface area (TPSA) is 37.8 Å². The Morgan fingerprint density at radius 1 is 0.818 bits per heavy atom. The Kier molecular flexibility index (Phi) is 3.32. The van der Waals surface area contributed by atoms with Gasteiger partial charge in [-0.15, -0.1) is 0 Å². The van der Waals surface area contributed by atoms with Crippen molar-refractivity contribution >= 4 is 0 Å². The van der Waals surface area contributed by atoms with Gasteiger partial charge in [-0.1, -0.05) is 0 Å². The van der Waals surface area contributed by atoms with E-state index in [-0.39, 0.29) is 16.9 Å². The highest BCUT2D eigenvalue weighted by Gasteiger charge is 2.15. The van der Waals surface area contributed by atoms with Gasteiger partial charge in [-0.3, -0.25) is 9.89 Å². The molecule has 0 saturated heterocycles. The van der Waals surface area contributed by atoms with Gasteiger partial charge in [0.05, 0.1) is 5.69 Å². The normalized spacial score (nSPS) is 10.9. The summed E-state index contributed by atoms with van der Waals surface area (Å²) in [7, 11) is 0. The number of hydrogen-bond donors (Lipinski definition) is 1. The summed E-state index contributed by atoms with van der Waals surface area (Å²) >= 11 is 0. The Morgan fingerprint density at radius 2 is 1.55 bits per heavy atom. The maximum absolute atomic E-state index is 13.9. The van der Waals surface area contributed by atoms with Crippen molar-refractivity contribution in [1.82, 2.24) is 9.78 Å². The predicted molar refractivity (Wildman–Crippen MR) is 71.7 cm³/mol. The molecule has 0 fully saturated rings. The summed E-state index contributed by atoms with van der Waals surface area (Å²) in [4.78, 5) is 11.5. The monoisotopic (exact) mass is 308 g/mol. The first-order valence-corrected chi connectivity index (χ1v) is 6.18. The Balaban J connectivity index is 2.24. The van der Waals surface area contributed by atoms with Crippen LogP contribution in [0.1, 0.15) is 0 Å². The van der Waals surface area contributed by atoms with Crippen molar-refractivity contribution in [2.24, 2.45) is 0 Å². The minimum Gasteiger partial charge on any atom is -0.268 e. The number of benzene rings is 2. The molecule has 0 bridgehead atoms. The van der Waals surface area contributed by atoms with E-state index in [1.54, 1.807) is 0 Å². The van der Waals surface area contributed by atoms with E-state index in [0.29, 0.717) is 0 Å². The fourth-order valence-corrected chi connectivity index (χ4v) is 2.11. The minimum atomic E-state index is -1.11. The van der Waals surface area contributed by atoms with E-state index in [1.165, 1.54) is 6.07 Å². The molecule has 3 nitrogen and oxygen atoms in total. The number of hydrogen-bond acceptors (Lipinski definition) is 1. The zero-order chi connectivity index (χ0) is 15.9.